The van der Waals surface area contributed by atoms with E-state index in [9.17, 15) is 19.2 Å². The van der Waals surface area contributed by atoms with Crippen molar-refractivity contribution in [3.8, 4) is 0 Å². The maximum Gasteiger partial charge on any atom is 0.404 e. The van der Waals surface area contributed by atoms with Gasteiger partial charge in [-0.1, -0.05) is 19.9 Å². The van der Waals surface area contributed by atoms with E-state index >= 15 is 0 Å². The van der Waals surface area contributed by atoms with Gasteiger partial charge in [-0.15, -0.1) is 0 Å². The van der Waals surface area contributed by atoms with Gasteiger partial charge in [0, 0.05) is 38.6 Å². The summed E-state index contributed by atoms with van der Waals surface area (Å²) in [4.78, 5) is 55.5. The van der Waals surface area contributed by atoms with Crippen molar-refractivity contribution >= 4 is 34.6 Å². The molecule has 0 aliphatic carbocycles. The second-order valence-corrected chi connectivity index (χ2v) is 9.58. The number of pyridine rings is 2. The number of H-pyrrole nitrogens is 1. The molecule has 3 heterocycles. The van der Waals surface area contributed by atoms with Crippen molar-refractivity contribution in [1.29, 1.82) is 0 Å². The van der Waals surface area contributed by atoms with Crippen LogP contribution in [0.1, 0.15) is 44.4 Å². The van der Waals surface area contributed by atoms with Crippen LogP contribution in [0.3, 0.4) is 0 Å². The molecule has 0 spiro atoms. The Morgan fingerprint density at radius 3 is 2.62 bits per heavy atom. The predicted octanol–water partition coefficient (Wildman–Crippen LogP) is 3.44. The minimum atomic E-state index is -0.745. The normalized spacial score (nSPS) is 10.8. The van der Waals surface area contributed by atoms with Crippen LogP contribution in [0.2, 0.25) is 0 Å². The zero-order valence-electron chi connectivity index (χ0n) is 23.2. The van der Waals surface area contributed by atoms with Crippen LogP contribution in [0.25, 0.3) is 11.0 Å². The summed E-state index contributed by atoms with van der Waals surface area (Å²) in [6, 6.07) is 7.35. The lowest BCUT2D eigenvalue weighted by molar-refractivity contribution is -0.123. The number of aromatic nitrogens is 3. The molecule has 0 fully saturated rings. The highest BCUT2D eigenvalue weighted by Gasteiger charge is 2.11. The highest BCUT2D eigenvalue weighted by molar-refractivity contribution is 5.90. The number of unbranched alkanes of at least 4 members (excludes halogenated alkanes) is 1. The number of carbonyl (C=O) groups is 3. The van der Waals surface area contributed by atoms with Gasteiger partial charge in [-0.3, -0.25) is 19.4 Å². The number of allylic oxidation sites excluding steroid dienone is 1. The van der Waals surface area contributed by atoms with Crippen molar-refractivity contribution in [1.82, 2.24) is 19.4 Å². The lowest BCUT2D eigenvalue weighted by Crippen LogP contribution is -2.25. The standard InChI is InChI=1S/C26H33N5O3.C2H5NO2/c1-18(2)15-19-12-13-27-22-16-20(28-25(19)22)17-31-14-8-9-21(26(31)34)29-23(32)10-6-5-7-11-24(33)30(3)4;1-5-2(3)4/h7-9,11-14,16,18,28H,5-6,10,15,17H2,1-4H3,(H,29,32);1H3,(H2,3,4)/b11-7+;. The molecule has 0 bridgehead atoms. The summed E-state index contributed by atoms with van der Waals surface area (Å²) < 4.78 is 5.46. The van der Waals surface area contributed by atoms with E-state index in [1.165, 1.54) is 23.6 Å². The second kappa shape index (κ2) is 15.1. The topological polar surface area (TPSA) is 152 Å². The van der Waals surface area contributed by atoms with Crippen LogP contribution in [-0.4, -0.2) is 58.5 Å². The molecular formula is C28H38N6O5. The van der Waals surface area contributed by atoms with Crippen LogP contribution in [0, 0.1) is 5.92 Å². The Labute approximate surface area is 228 Å². The molecule has 3 aromatic rings. The molecule has 0 saturated heterocycles. The van der Waals surface area contributed by atoms with E-state index < -0.39 is 6.09 Å². The number of likely N-dealkylation sites (N-methyl/N-ethyl adjacent to an activating group) is 1. The molecule has 3 amide bonds. The van der Waals surface area contributed by atoms with Gasteiger partial charge in [-0.25, -0.2) is 4.79 Å². The van der Waals surface area contributed by atoms with Gasteiger partial charge in [0.05, 0.1) is 24.7 Å². The Kier molecular flexibility index (Phi) is 11.9. The van der Waals surface area contributed by atoms with E-state index in [0.29, 0.717) is 25.3 Å². The Balaban J connectivity index is 0.000000976. The maximum absolute atomic E-state index is 12.9. The summed E-state index contributed by atoms with van der Waals surface area (Å²) in [6.07, 6.45) is 8.44. The number of amides is 3. The third-order valence-corrected chi connectivity index (χ3v) is 5.60. The average molecular weight is 539 g/mol. The number of hydrogen-bond donors (Lipinski definition) is 3. The maximum atomic E-state index is 12.9. The van der Waals surface area contributed by atoms with Gasteiger partial charge in [0.25, 0.3) is 5.56 Å². The number of nitrogens with one attached hydrogen (secondary N) is 2. The number of methoxy groups -OCH3 is 1. The van der Waals surface area contributed by atoms with Gasteiger partial charge in [-0.2, -0.15) is 0 Å². The van der Waals surface area contributed by atoms with E-state index in [1.54, 1.807) is 43.1 Å². The average Bonchev–Trinajstić information content (AvgIpc) is 3.29. The molecule has 0 saturated carbocycles. The number of carbonyl (C=O) groups excluding carboxylic acids is 3. The first-order chi connectivity index (χ1) is 18.5. The molecular weight excluding hydrogens is 500 g/mol. The number of anilines is 1. The number of hydrogen-bond acceptors (Lipinski definition) is 6. The Morgan fingerprint density at radius 2 is 1.97 bits per heavy atom. The number of aromatic amines is 1. The number of rotatable bonds is 10. The number of nitrogens with zero attached hydrogens (tertiary/aromatic N) is 3. The zero-order chi connectivity index (χ0) is 28.9. The van der Waals surface area contributed by atoms with Gasteiger partial charge in [0.2, 0.25) is 11.8 Å². The van der Waals surface area contributed by atoms with Crippen molar-refractivity contribution < 1.29 is 19.1 Å². The quantitative estimate of drug-likeness (QED) is 0.266. The molecule has 210 valence electrons. The highest BCUT2D eigenvalue weighted by Crippen LogP contribution is 2.20. The molecule has 11 nitrogen and oxygen atoms in total. The number of ether oxygens (including phenoxy) is 1. The number of fused-ring (bicyclic) bond motifs is 1. The van der Waals surface area contributed by atoms with Crippen LogP contribution in [-0.2, 0) is 27.3 Å². The lowest BCUT2D eigenvalue weighted by atomic mass is 10.0. The van der Waals surface area contributed by atoms with Gasteiger partial charge in [0.1, 0.15) is 5.69 Å². The van der Waals surface area contributed by atoms with Crippen molar-refractivity contribution in [2.75, 3.05) is 26.5 Å². The summed E-state index contributed by atoms with van der Waals surface area (Å²) in [7, 11) is 4.60. The number of primary amides is 1. The smallest absolute Gasteiger partial charge is 0.404 e. The first-order valence-corrected chi connectivity index (χ1v) is 12.7. The third kappa shape index (κ3) is 10.1. The van der Waals surface area contributed by atoms with Crippen LogP contribution >= 0.6 is 0 Å². The third-order valence-electron chi connectivity index (χ3n) is 5.60. The fraction of sp³-hybridized carbons (Fsp3) is 0.393. The largest absolute Gasteiger partial charge is 0.453 e. The monoisotopic (exact) mass is 538 g/mol. The molecule has 0 atom stereocenters. The first-order valence-electron chi connectivity index (χ1n) is 12.7. The van der Waals surface area contributed by atoms with Crippen molar-refractivity contribution in [2.24, 2.45) is 11.7 Å². The fourth-order valence-corrected chi connectivity index (χ4v) is 3.70. The number of nitrogens with two attached hydrogens (primary N) is 1. The lowest BCUT2D eigenvalue weighted by Gasteiger charge is -2.09. The molecule has 0 radical (unpaired) electrons. The molecule has 0 unspecified atom stereocenters. The fourth-order valence-electron chi connectivity index (χ4n) is 3.70. The van der Waals surface area contributed by atoms with E-state index in [-0.39, 0.29) is 29.5 Å². The van der Waals surface area contributed by atoms with Crippen LogP contribution in [0.4, 0.5) is 10.5 Å². The summed E-state index contributed by atoms with van der Waals surface area (Å²) in [5.74, 6) is 0.211. The van der Waals surface area contributed by atoms with Crippen molar-refractivity contribution in [2.45, 2.75) is 46.1 Å². The summed E-state index contributed by atoms with van der Waals surface area (Å²) >= 11 is 0. The van der Waals surface area contributed by atoms with Gasteiger partial charge in [-0.05, 0) is 61.1 Å². The summed E-state index contributed by atoms with van der Waals surface area (Å²) in [6.45, 7) is 4.71. The Morgan fingerprint density at radius 1 is 1.26 bits per heavy atom. The van der Waals surface area contributed by atoms with E-state index in [1.807, 2.05) is 18.3 Å². The van der Waals surface area contributed by atoms with E-state index in [4.69, 9.17) is 0 Å². The van der Waals surface area contributed by atoms with Crippen molar-refractivity contribution in [3.63, 3.8) is 0 Å². The molecule has 39 heavy (non-hydrogen) atoms. The van der Waals surface area contributed by atoms with Gasteiger partial charge in [0.15, 0.2) is 0 Å². The van der Waals surface area contributed by atoms with Gasteiger partial charge < -0.3 is 30.2 Å². The molecule has 3 rings (SSSR count). The molecule has 0 aliphatic rings. The second-order valence-electron chi connectivity index (χ2n) is 9.58. The summed E-state index contributed by atoms with van der Waals surface area (Å²) in [5, 5.41) is 2.72. The molecule has 0 aliphatic heterocycles. The SMILES string of the molecule is CC(C)Cc1ccnc2cc(Cn3cccc(NC(=O)CCC/C=C/C(=O)N(C)C)c3=O)[nH]c12.COC(N)=O. The minimum Gasteiger partial charge on any atom is -0.453 e. The molecule has 4 N–H and O–H groups in total. The summed E-state index contributed by atoms with van der Waals surface area (Å²) in [5.41, 5.74) is 8.39. The first kappa shape index (κ1) is 30.8. The van der Waals surface area contributed by atoms with Crippen LogP contribution in [0.15, 0.2) is 53.6 Å². The van der Waals surface area contributed by atoms with Crippen LogP contribution < -0.4 is 16.6 Å². The van der Waals surface area contributed by atoms with E-state index in [2.05, 4.69) is 39.6 Å². The molecule has 0 aromatic carbocycles. The van der Waals surface area contributed by atoms with Crippen molar-refractivity contribution in [3.05, 3.63) is 70.4 Å². The van der Waals surface area contributed by atoms with E-state index in [0.717, 1.165) is 23.1 Å². The molecule has 11 heteroatoms. The minimum absolute atomic E-state index is 0.0869. The predicted molar refractivity (Wildman–Crippen MR) is 151 cm³/mol. The Hall–Kier alpha value is -4.41. The highest BCUT2D eigenvalue weighted by atomic mass is 16.5. The Bertz CT molecular complexity index is 1360. The molecule has 3 aromatic heterocycles. The zero-order valence-corrected chi connectivity index (χ0v) is 23.2. The van der Waals surface area contributed by atoms with Crippen LogP contribution in [0.5, 0.6) is 0 Å². The van der Waals surface area contributed by atoms with Gasteiger partial charge >= 0.3 is 6.09 Å².